The molecule has 9 nitrogen and oxygen atoms in total. The minimum atomic E-state index is -3.18. The monoisotopic (exact) mass is 458 g/mol. The highest BCUT2D eigenvalue weighted by Gasteiger charge is 2.24. The first-order chi connectivity index (χ1) is 14.3. The van der Waals surface area contributed by atoms with Crippen molar-refractivity contribution in [3.8, 4) is 5.75 Å². The molecule has 13 heteroatoms. The number of carbonyl (C=O) groups excluding carboxylic acids is 2. The van der Waals surface area contributed by atoms with Crippen LogP contribution in [0, 0.1) is 0 Å². The second-order valence-corrected chi connectivity index (χ2v) is 6.57. The molecule has 2 aromatic rings. The van der Waals surface area contributed by atoms with Crippen molar-refractivity contribution >= 4 is 46.7 Å². The van der Waals surface area contributed by atoms with Crippen LogP contribution in [-0.4, -0.2) is 36.4 Å². The topological polar surface area (TPSA) is 107 Å². The second-order valence-electron chi connectivity index (χ2n) is 5.78. The third kappa shape index (κ3) is 4.70. The zero-order valence-electron chi connectivity index (χ0n) is 15.2. The number of nitrogens with zero attached hydrogens (tertiary/aromatic N) is 2. The Morgan fingerprint density at radius 2 is 1.80 bits per heavy atom. The highest BCUT2D eigenvalue weighted by atomic mass is 35.5. The number of anilines is 1. The van der Waals surface area contributed by atoms with E-state index < -0.39 is 24.2 Å². The Hall–Kier alpha value is -3.15. The third-order valence-electron chi connectivity index (χ3n) is 3.84. The Morgan fingerprint density at radius 1 is 1.10 bits per heavy atom. The number of amides is 2. The fraction of sp³-hybridized carbons (Fsp3) is 0.118. The molecular weight excluding hydrogens is 445 g/mol. The average Bonchev–Trinajstić information content (AvgIpc) is 3.09. The number of ether oxygens (including phenoxy) is 1. The number of alkyl halides is 2. The molecule has 2 amide bonds. The molecule has 0 aromatic heterocycles. The summed E-state index contributed by atoms with van der Waals surface area (Å²) in [7, 11) is 1.58. The van der Waals surface area contributed by atoms with Crippen molar-refractivity contribution in [2.75, 3.05) is 12.4 Å². The Morgan fingerprint density at radius 3 is 2.43 bits per heavy atom. The molecule has 0 spiro atoms. The van der Waals surface area contributed by atoms with Crippen LogP contribution in [0.25, 0.3) is 0 Å². The first-order valence-corrected chi connectivity index (χ1v) is 9.00. The maximum atomic E-state index is 12.8. The van der Waals surface area contributed by atoms with Crippen molar-refractivity contribution in [2.45, 2.75) is 6.61 Å². The summed E-state index contributed by atoms with van der Waals surface area (Å²) in [6.07, 6.45) is 0. The van der Waals surface area contributed by atoms with Gasteiger partial charge in [-0.05, 0) is 24.3 Å². The first kappa shape index (κ1) is 21.6. The minimum absolute atomic E-state index is 0.0761. The molecule has 30 heavy (non-hydrogen) atoms. The van der Waals surface area contributed by atoms with E-state index in [1.165, 1.54) is 23.2 Å². The average molecular weight is 459 g/mol. The predicted octanol–water partition coefficient (Wildman–Crippen LogP) is 2.80. The van der Waals surface area contributed by atoms with E-state index in [0.717, 1.165) is 6.07 Å². The Labute approximate surface area is 178 Å². The normalized spacial score (nSPS) is 13.0. The summed E-state index contributed by atoms with van der Waals surface area (Å²) < 4.78 is 30.1. The number of benzene rings is 2. The quantitative estimate of drug-likeness (QED) is 0.548. The van der Waals surface area contributed by atoms with E-state index in [0.29, 0.717) is 0 Å². The molecule has 158 valence electrons. The maximum absolute atomic E-state index is 12.8. The number of nitrogens with one attached hydrogen (secondary N) is 4. The van der Waals surface area contributed by atoms with Crippen LogP contribution in [0.4, 0.5) is 14.5 Å². The predicted molar refractivity (Wildman–Crippen MR) is 106 cm³/mol. The van der Waals surface area contributed by atoms with Crippen LogP contribution >= 0.6 is 23.2 Å². The van der Waals surface area contributed by atoms with Gasteiger partial charge in [0.25, 0.3) is 11.8 Å². The van der Waals surface area contributed by atoms with E-state index in [-0.39, 0.29) is 32.8 Å². The van der Waals surface area contributed by atoms with Crippen molar-refractivity contribution in [1.82, 2.24) is 21.4 Å². The molecule has 1 aliphatic heterocycles. The first-order valence-electron chi connectivity index (χ1n) is 8.24. The minimum Gasteiger partial charge on any atom is -0.433 e. The molecule has 1 heterocycles. The van der Waals surface area contributed by atoms with Crippen molar-refractivity contribution in [3.05, 3.63) is 57.6 Å². The molecule has 0 fully saturated rings. The van der Waals surface area contributed by atoms with Gasteiger partial charge in [-0.1, -0.05) is 35.3 Å². The van der Waals surface area contributed by atoms with Gasteiger partial charge in [0.2, 0.25) is 5.96 Å². The maximum Gasteiger partial charge on any atom is 0.387 e. The molecule has 1 aliphatic rings. The fourth-order valence-corrected chi connectivity index (χ4v) is 2.94. The molecule has 2 aromatic carbocycles. The van der Waals surface area contributed by atoms with Gasteiger partial charge >= 0.3 is 6.61 Å². The van der Waals surface area contributed by atoms with E-state index in [9.17, 15) is 18.4 Å². The summed E-state index contributed by atoms with van der Waals surface area (Å²) in [4.78, 5) is 25.2. The summed E-state index contributed by atoms with van der Waals surface area (Å²) in [6.45, 7) is -3.18. The Balaban J connectivity index is 1.94. The lowest BCUT2D eigenvalue weighted by atomic mass is 10.1. The van der Waals surface area contributed by atoms with Gasteiger partial charge in [0.1, 0.15) is 5.69 Å². The Bertz CT molecular complexity index is 1020. The highest BCUT2D eigenvalue weighted by Crippen LogP contribution is 2.37. The molecule has 4 N–H and O–H groups in total. The zero-order chi connectivity index (χ0) is 21.8. The van der Waals surface area contributed by atoms with E-state index in [1.54, 1.807) is 19.2 Å². The molecule has 3 rings (SSSR count). The van der Waals surface area contributed by atoms with Crippen LogP contribution in [0.2, 0.25) is 10.0 Å². The van der Waals surface area contributed by atoms with Crippen molar-refractivity contribution < 1.29 is 23.1 Å². The molecule has 0 aliphatic carbocycles. The molecular formula is C17H14Cl2F2N6O3. The number of hydrazone groups is 1. The smallest absolute Gasteiger partial charge is 0.387 e. The molecule has 0 atom stereocenters. The molecule has 0 saturated heterocycles. The summed E-state index contributed by atoms with van der Waals surface area (Å²) >= 11 is 12.3. The van der Waals surface area contributed by atoms with Crippen molar-refractivity contribution in [1.29, 1.82) is 0 Å². The SMILES string of the molecule is CN1NNN=C1NC(=O)c1ccc(OC(F)F)c(NC(=O)c2ccccc2Cl)c1Cl. The number of guanidine groups is 1. The Kier molecular flexibility index (Phi) is 6.55. The molecule has 0 radical (unpaired) electrons. The molecule has 0 unspecified atom stereocenters. The van der Waals surface area contributed by atoms with Crippen LogP contribution in [-0.2, 0) is 0 Å². The van der Waals surface area contributed by atoms with Gasteiger partial charge in [0, 0.05) is 7.05 Å². The fourth-order valence-electron chi connectivity index (χ4n) is 2.43. The van der Waals surface area contributed by atoms with Crippen LogP contribution < -0.4 is 26.4 Å². The van der Waals surface area contributed by atoms with Gasteiger partial charge in [0.05, 0.1) is 21.2 Å². The lowest BCUT2D eigenvalue weighted by molar-refractivity contribution is -0.0493. The molecule has 0 bridgehead atoms. The van der Waals surface area contributed by atoms with Gasteiger partial charge in [-0.3, -0.25) is 19.9 Å². The van der Waals surface area contributed by atoms with Crippen molar-refractivity contribution in [2.24, 2.45) is 5.10 Å². The zero-order valence-corrected chi connectivity index (χ0v) is 16.7. The standard InChI is InChI=1S/C17H14Cl2F2N6O3/c1-27-17(24-25-26-27)23-15(29)9-6-7-11(30-16(20)21)13(12(9)19)22-14(28)8-4-2-3-5-10(8)18/h2-7,16,25-26H,1H3,(H,22,28)(H,23,24,29). The number of hydrogen-bond acceptors (Lipinski definition) is 7. The summed E-state index contributed by atoms with van der Waals surface area (Å²) in [5.41, 5.74) is 4.67. The summed E-state index contributed by atoms with van der Waals surface area (Å²) in [5, 5.41) is 9.84. The number of carbonyl (C=O) groups is 2. The highest BCUT2D eigenvalue weighted by molar-refractivity contribution is 6.38. The van der Waals surface area contributed by atoms with Gasteiger partial charge in [-0.15, -0.1) is 10.6 Å². The third-order valence-corrected chi connectivity index (χ3v) is 4.57. The van der Waals surface area contributed by atoms with Crippen LogP contribution in [0.15, 0.2) is 41.5 Å². The van der Waals surface area contributed by atoms with E-state index in [4.69, 9.17) is 23.2 Å². The van der Waals surface area contributed by atoms with Crippen LogP contribution in [0.1, 0.15) is 20.7 Å². The lowest BCUT2D eigenvalue weighted by Crippen LogP contribution is -2.45. The van der Waals surface area contributed by atoms with Crippen LogP contribution in [0.3, 0.4) is 0 Å². The van der Waals surface area contributed by atoms with Gasteiger partial charge in [-0.2, -0.15) is 8.78 Å². The number of halogens is 4. The lowest BCUT2D eigenvalue weighted by Gasteiger charge is -2.17. The summed E-state index contributed by atoms with van der Waals surface area (Å²) in [6, 6.07) is 8.38. The van der Waals surface area contributed by atoms with Crippen LogP contribution in [0.5, 0.6) is 5.75 Å². The number of rotatable bonds is 5. The largest absolute Gasteiger partial charge is 0.433 e. The van der Waals surface area contributed by atoms with Gasteiger partial charge in [-0.25, -0.2) is 5.53 Å². The van der Waals surface area contributed by atoms with Gasteiger partial charge in [0.15, 0.2) is 5.75 Å². The summed E-state index contributed by atoms with van der Waals surface area (Å²) in [5.74, 6) is -1.73. The number of hydrazine groups is 2. The van der Waals surface area contributed by atoms with Crippen molar-refractivity contribution in [3.63, 3.8) is 0 Å². The number of hydrogen-bond donors (Lipinski definition) is 4. The molecule has 0 saturated carbocycles. The van der Waals surface area contributed by atoms with Gasteiger partial charge < -0.3 is 10.1 Å². The second kappa shape index (κ2) is 9.11. The van der Waals surface area contributed by atoms with E-state index >= 15 is 0 Å². The van der Waals surface area contributed by atoms with E-state index in [2.05, 4.69) is 31.5 Å². The van der Waals surface area contributed by atoms with E-state index in [1.807, 2.05) is 0 Å².